The summed E-state index contributed by atoms with van der Waals surface area (Å²) in [6.07, 6.45) is 0. The zero-order valence-electron chi connectivity index (χ0n) is 21.6. The molecule has 0 radical (unpaired) electrons. The van der Waals surface area contributed by atoms with Gasteiger partial charge in [0.1, 0.15) is 0 Å². The van der Waals surface area contributed by atoms with Crippen LogP contribution in [0.3, 0.4) is 0 Å². The SMILES string of the molecule is N#Cc1ccc(-c2ccc(-n3c4ccccc4c4ccc5c(c6ccccc6n5-c5ccccc5)c43)cc2)cc1. The van der Waals surface area contributed by atoms with Crippen LogP contribution in [0.15, 0.2) is 140 Å². The van der Waals surface area contributed by atoms with Crippen LogP contribution in [0.1, 0.15) is 5.56 Å². The Bertz CT molecular complexity index is 2240. The highest BCUT2D eigenvalue weighted by Crippen LogP contribution is 2.42. The molecule has 40 heavy (non-hydrogen) atoms. The van der Waals surface area contributed by atoms with Gasteiger partial charge in [0.2, 0.25) is 0 Å². The Morgan fingerprint density at radius 3 is 1.70 bits per heavy atom. The summed E-state index contributed by atoms with van der Waals surface area (Å²) in [5.74, 6) is 0. The Morgan fingerprint density at radius 2 is 1.00 bits per heavy atom. The number of para-hydroxylation sites is 3. The maximum absolute atomic E-state index is 9.17. The average Bonchev–Trinajstić information content (AvgIpc) is 3.55. The van der Waals surface area contributed by atoms with E-state index < -0.39 is 0 Å². The van der Waals surface area contributed by atoms with Crippen LogP contribution in [0.5, 0.6) is 0 Å². The van der Waals surface area contributed by atoms with Crippen molar-refractivity contribution in [2.45, 2.75) is 0 Å². The van der Waals surface area contributed by atoms with E-state index >= 15 is 0 Å². The van der Waals surface area contributed by atoms with Gasteiger partial charge in [-0.15, -0.1) is 0 Å². The van der Waals surface area contributed by atoms with Gasteiger partial charge < -0.3 is 9.13 Å². The maximum atomic E-state index is 9.17. The van der Waals surface area contributed by atoms with Crippen molar-refractivity contribution < 1.29 is 0 Å². The highest BCUT2D eigenvalue weighted by atomic mass is 15.0. The van der Waals surface area contributed by atoms with Gasteiger partial charge in [0.25, 0.3) is 0 Å². The monoisotopic (exact) mass is 509 g/mol. The number of benzene rings is 6. The number of hydrogen-bond donors (Lipinski definition) is 0. The molecular formula is C37H23N3. The molecule has 6 aromatic carbocycles. The van der Waals surface area contributed by atoms with Crippen molar-refractivity contribution in [3.8, 4) is 28.6 Å². The van der Waals surface area contributed by atoms with E-state index in [0.29, 0.717) is 5.56 Å². The lowest BCUT2D eigenvalue weighted by Gasteiger charge is -2.11. The first kappa shape index (κ1) is 22.4. The molecule has 0 atom stereocenters. The molecule has 0 bridgehead atoms. The van der Waals surface area contributed by atoms with Crippen molar-refractivity contribution in [1.82, 2.24) is 9.13 Å². The summed E-state index contributed by atoms with van der Waals surface area (Å²) in [6.45, 7) is 0. The first-order chi connectivity index (χ1) is 19.8. The van der Waals surface area contributed by atoms with Crippen molar-refractivity contribution in [3.63, 3.8) is 0 Å². The van der Waals surface area contributed by atoms with Gasteiger partial charge in [0, 0.05) is 32.9 Å². The Labute approximate surface area is 231 Å². The highest BCUT2D eigenvalue weighted by Gasteiger charge is 2.20. The molecule has 0 spiro atoms. The fraction of sp³-hybridized carbons (Fsp3) is 0. The molecule has 3 nitrogen and oxygen atoms in total. The van der Waals surface area contributed by atoms with Gasteiger partial charge in [-0.2, -0.15) is 5.26 Å². The van der Waals surface area contributed by atoms with E-state index in [1.165, 1.54) is 43.6 Å². The summed E-state index contributed by atoms with van der Waals surface area (Å²) in [5, 5.41) is 14.2. The predicted octanol–water partition coefficient (Wildman–Crippen LogP) is 9.42. The van der Waals surface area contributed by atoms with E-state index in [4.69, 9.17) is 5.26 Å². The molecule has 186 valence electrons. The van der Waals surface area contributed by atoms with Gasteiger partial charge >= 0.3 is 0 Å². The van der Waals surface area contributed by atoms with Crippen molar-refractivity contribution in [2.24, 2.45) is 0 Å². The zero-order chi connectivity index (χ0) is 26.6. The summed E-state index contributed by atoms with van der Waals surface area (Å²) < 4.78 is 4.79. The third-order valence-corrected chi connectivity index (χ3v) is 7.96. The lowest BCUT2D eigenvalue weighted by molar-refractivity contribution is 1.17. The van der Waals surface area contributed by atoms with Gasteiger partial charge in [-0.25, -0.2) is 0 Å². The van der Waals surface area contributed by atoms with E-state index in [1.807, 2.05) is 24.3 Å². The zero-order valence-corrected chi connectivity index (χ0v) is 21.6. The summed E-state index contributed by atoms with van der Waals surface area (Å²) >= 11 is 0. The normalized spacial score (nSPS) is 11.5. The second kappa shape index (κ2) is 8.73. The number of nitrogens with zero attached hydrogens (tertiary/aromatic N) is 3. The van der Waals surface area contributed by atoms with Crippen LogP contribution >= 0.6 is 0 Å². The Balaban J connectivity index is 1.45. The molecular weight excluding hydrogens is 486 g/mol. The first-order valence-electron chi connectivity index (χ1n) is 13.4. The second-order valence-corrected chi connectivity index (χ2v) is 10.1. The minimum atomic E-state index is 0.671. The fourth-order valence-corrected chi connectivity index (χ4v) is 6.17. The van der Waals surface area contributed by atoms with Gasteiger partial charge in [-0.3, -0.25) is 0 Å². The van der Waals surface area contributed by atoms with Gasteiger partial charge in [-0.1, -0.05) is 84.9 Å². The summed E-state index contributed by atoms with van der Waals surface area (Å²) in [6, 6.07) is 51.3. The van der Waals surface area contributed by atoms with Gasteiger partial charge in [-0.05, 0) is 65.7 Å². The van der Waals surface area contributed by atoms with E-state index in [1.54, 1.807) is 0 Å². The molecule has 0 fully saturated rings. The van der Waals surface area contributed by atoms with Crippen molar-refractivity contribution in [1.29, 1.82) is 5.26 Å². The molecule has 0 aliphatic heterocycles. The molecule has 0 N–H and O–H groups in total. The Morgan fingerprint density at radius 1 is 0.425 bits per heavy atom. The third-order valence-electron chi connectivity index (χ3n) is 7.96. The molecule has 0 unspecified atom stereocenters. The third kappa shape index (κ3) is 3.24. The summed E-state index contributed by atoms with van der Waals surface area (Å²) in [4.78, 5) is 0. The fourth-order valence-electron chi connectivity index (χ4n) is 6.17. The number of fused-ring (bicyclic) bond motifs is 7. The maximum Gasteiger partial charge on any atom is 0.0991 e. The summed E-state index contributed by atoms with van der Waals surface area (Å²) in [5.41, 5.74) is 9.96. The van der Waals surface area contributed by atoms with Gasteiger partial charge in [0.15, 0.2) is 0 Å². The van der Waals surface area contributed by atoms with Crippen molar-refractivity contribution >= 4 is 43.6 Å². The van der Waals surface area contributed by atoms with Crippen LogP contribution in [0.2, 0.25) is 0 Å². The summed E-state index contributed by atoms with van der Waals surface area (Å²) in [7, 11) is 0. The van der Waals surface area contributed by atoms with Gasteiger partial charge in [0.05, 0.1) is 33.7 Å². The smallest absolute Gasteiger partial charge is 0.0991 e. The number of rotatable bonds is 3. The molecule has 0 aliphatic rings. The van der Waals surface area contributed by atoms with E-state index in [2.05, 4.69) is 130 Å². The van der Waals surface area contributed by atoms with E-state index in [9.17, 15) is 0 Å². The lowest BCUT2D eigenvalue weighted by atomic mass is 10.0. The number of hydrogen-bond acceptors (Lipinski definition) is 1. The molecule has 0 saturated heterocycles. The topological polar surface area (TPSA) is 33.6 Å². The van der Waals surface area contributed by atoms with Crippen molar-refractivity contribution in [3.05, 3.63) is 145 Å². The Kier molecular flexibility index (Phi) is 4.89. The number of aromatic nitrogens is 2. The lowest BCUT2D eigenvalue weighted by Crippen LogP contribution is -1.95. The molecule has 2 heterocycles. The molecule has 0 amide bonds. The van der Waals surface area contributed by atoms with E-state index in [0.717, 1.165) is 22.5 Å². The number of nitriles is 1. The van der Waals surface area contributed by atoms with Crippen LogP contribution in [-0.4, -0.2) is 9.13 Å². The molecule has 2 aromatic heterocycles. The van der Waals surface area contributed by atoms with Crippen LogP contribution in [0.4, 0.5) is 0 Å². The van der Waals surface area contributed by atoms with Crippen LogP contribution in [0, 0.1) is 11.3 Å². The van der Waals surface area contributed by atoms with Crippen molar-refractivity contribution in [2.75, 3.05) is 0 Å². The quantitative estimate of drug-likeness (QED) is 0.233. The minimum Gasteiger partial charge on any atom is -0.309 e. The molecule has 0 saturated carbocycles. The van der Waals surface area contributed by atoms with Crippen LogP contribution in [-0.2, 0) is 0 Å². The molecule has 8 rings (SSSR count). The predicted molar refractivity (Wildman–Crippen MR) is 165 cm³/mol. The van der Waals surface area contributed by atoms with E-state index in [-0.39, 0.29) is 0 Å². The highest BCUT2D eigenvalue weighted by molar-refractivity contribution is 6.26. The Hall–Kier alpha value is -5.59. The van der Waals surface area contributed by atoms with Crippen LogP contribution in [0.25, 0.3) is 66.1 Å². The minimum absolute atomic E-state index is 0.671. The molecule has 0 aliphatic carbocycles. The first-order valence-corrected chi connectivity index (χ1v) is 13.4. The molecule has 3 heteroatoms. The van der Waals surface area contributed by atoms with Crippen LogP contribution < -0.4 is 0 Å². The standard InChI is InChI=1S/C37H23N3/c38-24-25-14-16-26(17-15-25)27-18-20-29(21-19-27)40-33-12-6-4-10-30(33)31-22-23-35-36(37(31)40)32-11-5-7-13-34(32)39(35)28-8-2-1-3-9-28/h1-23H. The average molecular weight is 510 g/mol. The largest absolute Gasteiger partial charge is 0.309 e. The molecule has 8 aromatic rings. The second-order valence-electron chi connectivity index (χ2n) is 10.1.